The highest BCUT2D eigenvalue weighted by molar-refractivity contribution is 4.48. The van der Waals surface area contributed by atoms with Gasteiger partial charge in [-0.05, 0) is 13.8 Å². The maximum Gasteiger partial charge on any atom is 0.250 e. The van der Waals surface area contributed by atoms with Gasteiger partial charge in [-0.15, -0.1) is 0 Å². The van der Waals surface area contributed by atoms with Crippen molar-refractivity contribution >= 4 is 0 Å². The van der Waals surface area contributed by atoms with Crippen LogP contribution in [0.1, 0.15) is 13.8 Å². The van der Waals surface area contributed by atoms with Gasteiger partial charge in [0.2, 0.25) is 0 Å². The molecular formula is C7H15F2NO. The lowest BCUT2D eigenvalue weighted by Gasteiger charge is -2.07. The van der Waals surface area contributed by atoms with E-state index in [1.165, 1.54) is 0 Å². The van der Waals surface area contributed by atoms with Crippen molar-refractivity contribution in [3.05, 3.63) is 0 Å². The van der Waals surface area contributed by atoms with E-state index in [0.717, 1.165) is 0 Å². The standard InChI is InChI=1S/C7H15F2NO/c1-6(2)11-4-3-10-5-7(8)9/h6-7,10H,3-5H2,1-2H3. The van der Waals surface area contributed by atoms with Gasteiger partial charge in [0.15, 0.2) is 0 Å². The Labute approximate surface area is 65.9 Å². The third-order valence-corrected chi connectivity index (χ3v) is 1.03. The number of rotatable bonds is 6. The van der Waals surface area contributed by atoms with Crippen LogP contribution >= 0.6 is 0 Å². The molecule has 0 aromatic rings. The smallest absolute Gasteiger partial charge is 0.250 e. The minimum atomic E-state index is -2.27. The Bertz CT molecular complexity index is 78.5. The third-order valence-electron chi connectivity index (χ3n) is 1.03. The molecule has 0 heterocycles. The van der Waals surface area contributed by atoms with E-state index < -0.39 is 6.43 Å². The van der Waals surface area contributed by atoms with Crippen molar-refractivity contribution in [2.75, 3.05) is 19.7 Å². The highest BCUT2D eigenvalue weighted by Crippen LogP contribution is 1.88. The second-order valence-electron chi connectivity index (χ2n) is 2.51. The van der Waals surface area contributed by atoms with Crippen LogP contribution < -0.4 is 5.32 Å². The molecule has 0 atom stereocenters. The first-order valence-corrected chi connectivity index (χ1v) is 3.73. The molecule has 0 rings (SSSR count). The maximum absolute atomic E-state index is 11.5. The summed E-state index contributed by atoms with van der Waals surface area (Å²) >= 11 is 0. The second kappa shape index (κ2) is 6.49. The van der Waals surface area contributed by atoms with Crippen LogP contribution in [-0.2, 0) is 4.74 Å². The molecule has 0 aromatic heterocycles. The lowest BCUT2D eigenvalue weighted by atomic mass is 10.5. The fraction of sp³-hybridized carbons (Fsp3) is 1.00. The maximum atomic E-state index is 11.5. The first kappa shape index (κ1) is 10.8. The first-order valence-electron chi connectivity index (χ1n) is 3.73. The molecule has 0 saturated heterocycles. The van der Waals surface area contributed by atoms with Crippen LogP contribution in [0.3, 0.4) is 0 Å². The monoisotopic (exact) mass is 167 g/mol. The van der Waals surface area contributed by atoms with Crippen molar-refractivity contribution in [2.45, 2.75) is 26.4 Å². The third kappa shape index (κ3) is 9.78. The highest BCUT2D eigenvalue weighted by atomic mass is 19.3. The van der Waals surface area contributed by atoms with E-state index in [2.05, 4.69) is 5.32 Å². The van der Waals surface area contributed by atoms with Crippen molar-refractivity contribution in [3.8, 4) is 0 Å². The summed E-state index contributed by atoms with van der Waals surface area (Å²) in [5.74, 6) is 0. The molecule has 0 aliphatic rings. The molecule has 1 N–H and O–H groups in total. The van der Waals surface area contributed by atoms with Crippen molar-refractivity contribution in [1.29, 1.82) is 0 Å². The summed E-state index contributed by atoms with van der Waals surface area (Å²) in [5.41, 5.74) is 0. The first-order chi connectivity index (χ1) is 5.13. The van der Waals surface area contributed by atoms with E-state index >= 15 is 0 Å². The van der Waals surface area contributed by atoms with Crippen LogP contribution in [0, 0.1) is 0 Å². The van der Waals surface area contributed by atoms with Gasteiger partial charge in [-0.3, -0.25) is 0 Å². The minimum absolute atomic E-state index is 0.170. The molecule has 2 nitrogen and oxygen atoms in total. The summed E-state index contributed by atoms with van der Waals surface area (Å²) in [6.07, 6.45) is -2.10. The lowest BCUT2D eigenvalue weighted by Crippen LogP contribution is -2.26. The molecule has 0 aliphatic carbocycles. The quantitative estimate of drug-likeness (QED) is 0.601. The second-order valence-corrected chi connectivity index (χ2v) is 2.51. The molecule has 0 amide bonds. The van der Waals surface area contributed by atoms with Crippen LogP contribution in [0.4, 0.5) is 8.78 Å². The summed E-state index contributed by atoms with van der Waals surface area (Å²) < 4.78 is 28.2. The van der Waals surface area contributed by atoms with Crippen molar-refractivity contribution in [2.24, 2.45) is 0 Å². The lowest BCUT2D eigenvalue weighted by molar-refractivity contribution is 0.0765. The van der Waals surface area contributed by atoms with Gasteiger partial charge in [0.05, 0.1) is 19.3 Å². The predicted octanol–water partition coefficient (Wildman–Crippen LogP) is 1.27. The Morgan fingerprint density at radius 2 is 2.00 bits per heavy atom. The van der Waals surface area contributed by atoms with Gasteiger partial charge in [-0.25, -0.2) is 8.78 Å². The minimum Gasteiger partial charge on any atom is -0.377 e. The Kier molecular flexibility index (Phi) is 6.36. The number of ether oxygens (including phenoxy) is 1. The molecule has 11 heavy (non-hydrogen) atoms. The van der Waals surface area contributed by atoms with Crippen molar-refractivity contribution in [1.82, 2.24) is 5.32 Å². The molecule has 0 spiro atoms. The zero-order valence-corrected chi connectivity index (χ0v) is 6.94. The molecule has 68 valence electrons. The topological polar surface area (TPSA) is 21.3 Å². The van der Waals surface area contributed by atoms with Crippen LogP contribution in [0.15, 0.2) is 0 Å². The molecule has 0 unspecified atom stereocenters. The van der Waals surface area contributed by atoms with Gasteiger partial charge in [0, 0.05) is 6.54 Å². The molecule has 0 radical (unpaired) electrons. The molecule has 0 bridgehead atoms. The molecule has 0 aromatic carbocycles. The fourth-order valence-electron chi connectivity index (χ4n) is 0.578. The van der Waals surface area contributed by atoms with Gasteiger partial charge in [-0.2, -0.15) is 0 Å². The molecule has 0 aliphatic heterocycles. The summed E-state index contributed by atoms with van der Waals surface area (Å²) in [7, 11) is 0. The average Bonchev–Trinajstić information content (AvgIpc) is 1.85. The van der Waals surface area contributed by atoms with Gasteiger partial charge in [0.1, 0.15) is 0 Å². The SMILES string of the molecule is CC(C)OCCNCC(F)F. The summed E-state index contributed by atoms with van der Waals surface area (Å²) in [6.45, 7) is 4.55. The van der Waals surface area contributed by atoms with Crippen LogP contribution in [0.5, 0.6) is 0 Å². The number of nitrogens with one attached hydrogen (secondary N) is 1. The predicted molar refractivity (Wildman–Crippen MR) is 40.0 cm³/mol. The van der Waals surface area contributed by atoms with Crippen LogP contribution in [0.25, 0.3) is 0 Å². The fourth-order valence-corrected chi connectivity index (χ4v) is 0.578. The van der Waals surface area contributed by atoms with Crippen LogP contribution in [0.2, 0.25) is 0 Å². The molecular weight excluding hydrogens is 152 g/mol. The number of hydrogen-bond donors (Lipinski definition) is 1. The van der Waals surface area contributed by atoms with E-state index in [1.54, 1.807) is 0 Å². The average molecular weight is 167 g/mol. The summed E-state index contributed by atoms with van der Waals surface area (Å²) in [5, 5.41) is 2.57. The van der Waals surface area contributed by atoms with E-state index in [1.807, 2.05) is 13.8 Å². The Morgan fingerprint density at radius 3 is 2.45 bits per heavy atom. The van der Waals surface area contributed by atoms with E-state index in [-0.39, 0.29) is 12.6 Å². The summed E-state index contributed by atoms with van der Waals surface area (Å²) in [4.78, 5) is 0. The van der Waals surface area contributed by atoms with Gasteiger partial charge >= 0.3 is 0 Å². The van der Waals surface area contributed by atoms with Gasteiger partial charge in [-0.1, -0.05) is 0 Å². The highest BCUT2D eigenvalue weighted by Gasteiger charge is 1.99. The normalized spacial score (nSPS) is 11.5. The Morgan fingerprint density at radius 1 is 1.36 bits per heavy atom. The summed E-state index contributed by atoms with van der Waals surface area (Å²) in [6, 6.07) is 0. The Hall–Kier alpha value is -0.220. The van der Waals surface area contributed by atoms with E-state index in [0.29, 0.717) is 13.2 Å². The van der Waals surface area contributed by atoms with Gasteiger partial charge < -0.3 is 10.1 Å². The molecule has 0 saturated carbocycles. The Balaban J connectivity index is 2.91. The van der Waals surface area contributed by atoms with Crippen molar-refractivity contribution in [3.63, 3.8) is 0 Å². The molecule has 0 fully saturated rings. The number of hydrogen-bond acceptors (Lipinski definition) is 2. The van der Waals surface area contributed by atoms with Crippen LogP contribution in [-0.4, -0.2) is 32.2 Å². The van der Waals surface area contributed by atoms with Crippen molar-refractivity contribution < 1.29 is 13.5 Å². The zero-order valence-electron chi connectivity index (χ0n) is 6.94. The zero-order chi connectivity index (χ0) is 8.69. The number of alkyl halides is 2. The van der Waals surface area contributed by atoms with E-state index in [9.17, 15) is 8.78 Å². The largest absolute Gasteiger partial charge is 0.377 e. The molecule has 4 heteroatoms. The van der Waals surface area contributed by atoms with E-state index in [4.69, 9.17) is 4.74 Å². The van der Waals surface area contributed by atoms with Gasteiger partial charge in [0.25, 0.3) is 6.43 Å². The number of halogens is 2.